The normalized spacial score (nSPS) is 19.2. The van der Waals surface area contributed by atoms with Crippen molar-refractivity contribution < 1.29 is 4.79 Å². The molecule has 2 aliphatic heterocycles. The number of benzene rings is 2. The largest absolute Gasteiger partial charge is 0.312 e. The lowest BCUT2D eigenvalue weighted by Gasteiger charge is -2.21. The van der Waals surface area contributed by atoms with Crippen LogP contribution in [-0.4, -0.2) is 30.4 Å². The predicted octanol–water partition coefficient (Wildman–Crippen LogP) is 3.05. The molecule has 0 aromatic heterocycles. The van der Waals surface area contributed by atoms with E-state index in [2.05, 4.69) is 36.5 Å². The van der Waals surface area contributed by atoms with Gasteiger partial charge >= 0.3 is 0 Å². The van der Waals surface area contributed by atoms with Gasteiger partial charge in [-0.15, -0.1) is 0 Å². The van der Waals surface area contributed by atoms with Gasteiger partial charge in [-0.3, -0.25) is 4.79 Å². The first-order valence-corrected chi connectivity index (χ1v) is 8.40. The van der Waals surface area contributed by atoms with Crippen molar-refractivity contribution in [3.63, 3.8) is 0 Å². The van der Waals surface area contributed by atoms with Gasteiger partial charge in [0.05, 0.1) is 5.92 Å². The van der Waals surface area contributed by atoms with Crippen molar-refractivity contribution in [2.45, 2.75) is 12.8 Å². The molecule has 120 valence electrons. The minimum atomic E-state index is -0.0515. The zero-order valence-corrected chi connectivity index (χ0v) is 13.5. The van der Waals surface area contributed by atoms with Gasteiger partial charge < -0.3 is 9.80 Å². The zero-order valence-electron chi connectivity index (χ0n) is 13.5. The third kappa shape index (κ3) is 2.52. The molecule has 0 unspecified atom stereocenters. The van der Waals surface area contributed by atoms with Crippen molar-refractivity contribution in [2.24, 2.45) is 5.92 Å². The van der Waals surface area contributed by atoms with Crippen molar-refractivity contribution in [2.75, 3.05) is 24.5 Å². The molecular weight excluding hydrogens is 298 g/mol. The Balaban J connectivity index is 1.57. The van der Waals surface area contributed by atoms with Crippen molar-refractivity contribution in [3.05, 3.63) is 54.1 Å². The van der Waals surface area contributed by atoms with Gasteiger partial charge in [-0.25, -0.2) is 0 Å². The number of carbonyl (C=O) groups excluding carboxylic acids is 1. The van der Waals surface area contributed by atoms with E-state index < -0.39 is 0 Å². The fourth-order valence-electron chi connectivity index (χ4n) is 3.71. The molecule has 0 saturated carbocycles. The third-order valence-electron chi connectivity index (χ3n) is 5.03. The van der Waals surface area contributed by atoms with Gasteiger partial charge in [0.1, 0.15) is 0 Å². The van der Waals surface area contributed by atoms with Crippen LogP contribution in [0.3, 0.4) is 0 Å². The van der Waals surface area contributed by atoms with Crippen LogP contribution in [0.1, 0.15) is 12.0 Å². The Morgan fingerprint density at radius 1 is 1.08 bits per heavy atom. The number of likely N-dealkylation sites (tertiary alicyclic amines) is 1. The topological polar surface area (TPSA) is 47.3 Å². The molecule has 4 rings (SSSR count). The average Bonchev–Trinajstić information content (AvgIpc) is 3.28. The van der Waals surface area contributed by atoms with E-state index in [0.29, 0.717) is 13.1 Å². The van der Waals surface area contributed by atoms with Crippen LogP contribution in [0.25, 0.3) is 11.1 Å². The summed E-state index contributed by atoms with van der Waals surface area (Å²) in [6.07, 6.45) is 3.82. The van der Waals surface area contributed by atoms with E-state index in [-0.39, 0.29) is 11.8 Å². The van der Waals surface area contributed by atoms with E-state index in [1.54, 1.807) is 4.90 Å². The average molecular weight is 317 g/mol. The van der Waals surface area contributed by atoms with Gasteiger partial charge in [0.15, 0.2) is 6.19 Å². The lowest BCUT2D eigenvalue weighted by Crippen LogP contribution is -2.35. The summed E-state index contributed by atoms with van der Waals surface area (Å²) in [7, 11) is 0. The van der Waals surface area contributed by atoms with Gasteiger partial charge in [0.25, 0.3) is 0 Å². The standard InChI is InChI=1S/C20H19N3O/c21-14-22-10-8-18(13-22)20(24)23-11-9-17-12-16(6-7-19(17)23)15-4-2-1-3-5-15/h1-7,12,18H,8-11,13H2/t18-/m0/s1. The maximum atomic E-state index is 12.8. The van der Waals surface area contributed by atoms with Gasteiger partial charge in [0.2, 0.25) is 5.91 Å². The second-order valence-electron chi connectivity index (χ2n) is 6.48. The molecule has 4 nitrogen and oxygen atoms in total. The third-order valence-corrected chi connectivity index (χ3v) is 5.03. The highest BCUT2D eigenvalue weighted by molar-refractivity contribution is 5.97. The Morgan fingerprint density at radius 2 is 1.92 bits per heavy atom. The molecular formula is C20H19N3O. The summed E-state index contributed by atoms with van der Waals surface area (Å²) in [4.78, 5) is 16.4. The summed E-state index contributed by atoms with van der Waals surface area (Å²) in [6, 6.07) is 16.7. The molecule has 1 atom stereocenters. The number of rotatable bonds is 2. The SMILES string of the molecule is N#CN1CC[C@H](C(=O)N2CCc3cc(-c4ccccc4)ccc32)C1. The van der Waals surface area contributed by atoms with E-state index in [0.717, 1.165) is 25.1 Å². The van der Waals surface area contributed by atoms with E-state index in [1.165, 1.54) is 16.7 Å². The van der Waals surface area contributed by atoms with Gasteiger partial charge in [0, 0.05) is 25.3 Å². The van der Waals surface area contributed by atoms with E-state index in [1.807, 2.05) is 23.1 Å². The van der Waals surface area contributed by atoms with Gasteiger partial charge in [-0.05, 0) is 41.7 Å². The Kier molecular flexibility index (Phi) is 3.70. The summed E-state index contributed by atoms with van der Waals surface area (Å²) in [5, 5.41) is 8.98. The van der Waals surface area contributed by atoms with E-state index in [4.69, 9.17) is 5.26 Å². The number of carbonyl (C=O) groups is 1. The molecule has 2 aliphatic rings. The second kappa shape index (κ2) is 6.01. The lowest BCUT2D eigenvalue weighted by atomic mass is 10.0. The first-order valence-electron chi connectivity index (χ1n) is 8.40. The molecule has 2 heterocycles. The minimum absolute atomic E-state index is 0.0515. The fraction of sp³-hybridized carbons (Fsp3) is 0.300. The van der Waals surface area contributed by atoms with Crippen LogP contribution in [0.4, 0.5) is 5.69 Å². The molecule has 0 bridgehead atoms. The molecule has 24 heavy (non-hydrogen) atoms. The van der Waals surface area contributed by atoms with Crippen LogP contribution >= 0.6 is 0 Å². The minimum Gasteiger partial charge on any atom is -0.312 e. The molecule has 1 saturated heterocycles. The predicted molar refractivity (Wildman–Crippen MR) is 93.2 cm³/mol. The Bertz CT molecular complexity index is 809. The molecule has 1 amide bonds. The molecule has 0 radical (unpaired) electrons. The quantitative estimate of drug-likeness (QED) is 0.800. The van der Waals surface area contributed by atoms with Crippen molar-refractivity contribution in [3.8, 4) is 17.3 Å². The van der Waals surface area contributed by atoms with Gasteiger partial charge in [-0.2, -0.15) is 5.26 Å². The van der Waals surface area contributed by atoms with Crippen molar-refractivity contribution in [1.82, 2.24) is 4.90 Å². The van der Waals surface area contributed by atoms with Crippen LogP contribution < -0.4 is 4.90 Å². The van der Waals surface area contributed by atoms with E-state index in [9.17, 15) is 4.79 Å². The smallest absolute Gasteiger partial charge is 0.231 e. The van der Waals surface area contributed by atoms with Crippen LogP contribution in [0.2, 0.25) is 0 Å². The molecule has 2 aromatic rings. The molecule has 0 spiro atoms. The number of amides is 1. The molecule has 2 aromatic carbocycles. The first kappa shape index (κ1) is 14.8. The second-order valence-corrected chi connectivity index (χ2v) is 6.48. The summed E-state index contributed by atoms with van der Waals surface area (Å²) in [6.45, 7) is 2.00. The number of nitrogens with zero attached hydrogens (tertiary/aromatic N) is 3. The van der Waals surface area contributed by atoms with Crippen molar-refractivity contribution in [1.29, 1.82) is 5.26 Å². The summed E-state index contributed by atoms with van der Waals surface area (Å²) >= 11 is 0. The van der Waals surface area contributed by atoms with E-state index >= 15 is 0 Å². The Labute approximate surface area is 141 Å². The number of hydrogen-bond donors (Lipinski definition) is 0. The van der Waals surface area contributed by atoms with Crippen LogP contribution in [-0.2, 0) is 11.2 Å². The number of anilines is 1. The Morgan fingerprint density at radius 3 is 2.67 bits per heavy atom. The maximum Gasteiger partial charge on any atom is 0.231 e. The zero-order chi connectivity index (χ0) is 16.5. The summed E-state index contributed by atoms with van der Waals surface area (Å²) < 4.78 is 0. The lowest BCUT2D eigenvalue weighted by molar-refractivity contribution is -0.121. The summed E-state index contributed by atoms with van der Waals surface area (Å²) in [5.41, 5.74) is 4.67. The number of hydrogen-bond acceptors (Lipinski definition) is 3. The molecule has 0 N–H and O–H groups in total. The van der Waals surface area contributed by atoms with Crippen LogP contribution in [0, 0.1) is 17.4 Å². The monoisotopic (exact) mass is 317 g/mol. The van der Waals surface area contributed by atoms with Crippen LogP contribution in [0.5, 0.6) is 0 Å². The molecule has 1 fully saturated rings. The fourth-order valence-corrected chi connectivity index (χ4v) is 3.71. The molecule has 0 aliphatic carbocycles. The highest BCUT2D eigenvalue weighted by Gasteiger charge is 2.34. The highest BCUT2D eigenvalue weighted by atomic mass is 16.2. The summed E-state index contributed by atoms with van der Waals surface area (Å²) in [5.74, 6) is 0.114. The van der Waals surface area contributed by atoms with Crippen molar-refractivity contribution >= 4 is 11.6 Å². The first-order chi connectivity index (χ1) is 11.8. The number of nitriles is 1. The highest BCUT2D eigenvalue weighted by Crippen LogP contribution is 2.34. The number of fused-ring (bicyclic) bond motifs is 1. The molecule has 4 heteroatoms. The van der Waals surface area contributed by atoms with Gasteiger partial charge in [-0.1, -0.05) is 36.4 Å². The maximum absolute atomic E-state index is 12.8. The van der Waals surface area contributed by atoms with Crippen LogP contribution in [0.15, 0.2) is 48.5 Å². The Hall–Kier alpha value is -2.80.